The van der Waals surface area contributed by atoms with E-state index >= 15 is 0 Å². The van der Waals surface area contributed by atoms with Gasteiger partial charge in [0.2, 0.25) is 59.1 Å². The maximum Gasteiger partial charge on any atom is 0.303 e. The van der Waals surface area contributed by atoms with E-state index < -0.39 is 145 Å². The normalized spacial score (nSPS) is 15.0. The highest BCUT2D eigenvalue weighted by atomic mass is 79.9. The molecular formula is C37H63BrN10O14. The van der Waals surface area contributed by atoms with Crippen LogP contribution in [0.2, 0.25) is 0 Å². The van der Waals surface area contributed by atoms with E-state index in [2.05, 4.69) is 58.5 Å². The van der Waals surface area contributed by atoms with Crippen molar-refractivity contribution in [1.82, 2.24) is 42.5 Å². The summed E-state index contributed by atoms with van der Waals surface area (Å²) in [5.41, 5.74) is 10.6. The lowest BCUT2D eigenvalue weighted by atomic mass is 10.0. The molecule has 0 aliphatic rings. The standard InChI is InChI=1S/C37H63BrN10O14/c1-16(2)12-22(31(40)56)44-32(57)21(8-10-24(39)51)43-34(59)23(15-49)45-36(61)29(18(5)6)46-26(53)14-41-35(60)28(17(3)4)47-37(62)30(19(7)50)48-33(58)20(9-11-27(54)55)42-25(52)13-38/h16-23,28-30,49-50H,8-15H2,1-7H3,(H2,39,51)(H2,40,56)(H,41,60)(H,42,52)(H,43,59)(H,44,57)(H,45,61)(H,46,53)(H,47,62)(H,48,58)(H,54,55)/t19-,20+,21+,22+,23+,28+,29+,30+/m1/s1. The van der Waals surface area contributed by atoms with Gasteiger partial charge < -0.3 is 69.3 Å². The van der Waals surface area contributed by atoms with Crippen molar-refractivity contribution in [3.63, 3.8) is 0 Å². The maximum atomic E-state index is 13.3. The van der Waals surface area contributed by atoms with E-state index in [0.717, 1.165) is 0 Å². The van der Waals surface area contributed by atoms with Gasteiger partial charge in [-0.15, -0.1) is 0 Å². The molecule has 0 saturated carbocycles. The van der Waals surface area contributed by atoms with E-state index in [-0.39, 0.29) is 36.9 Å². The third kappa shape index (κ3) is 21.4. The highest BCUT2D eigenvalue weighted by Crippen LogP contribution is 2.09. The number of aliphatic hydroxyl groups is 2. The summed E-state index contributed by atoms with van der Waals surface area (Å²) in [4.78, 5) is 139. The lowest BCUT2D eigenvalue weighted by Crippen LogP contribution is -2.61. The van der Waals surface area contributed by atoms with E-state index in [1.165, 1.54) is 6.92 Å². The molecule has 0 rings (SSSR count). The highest BCUT2D eigenvalue weighted by Gasteiger charge is 2.35. The van der Waals surface area contributed by atoms with Crippen LogP contribution in [-0.2, 0) is 52.7 Å². The average Bonchev–Trinajstić information content (AvgIpc) is 3.17. The molecule has 0 aromatic rings. The van der Waals surface area contributed by atoms with Crippen molar-refractivity contribution >= 4 is 81.0 Å². The Bertz CT molecular complexity index is 1610. The Kier molecular flexibility index (Phi) is 25.8. The van der Waals surface area contributed by atoms with Crippen molar-refractivity contribution in [3.8, 4) is 0 Å². The summed E-state index contributed by atoms with van der Waals surface area (Å²) in [7, 11) is 0. The Hall–Kier alpha value is -5.43. The third-order valence-electron chi connectivity index (χ3n) is 8.91. The molecule has 62 heavy (non-hydrogen) atoms. The number of alkyl halides is 1. The lowest BCUT2D eigenvalue weighted by Gasteiger charge is -2.28. The lowest BCUT2D eigenvalue weighted by molar-refractivity contribution is -0.139. The minimum absolute atomic E-state index is 0.0600. The van der Waals surface area contributed by atoms with Crippen LogP contribution in [0.25, 0.3) is 0 Å². The molecule has 0 spiro atoms. The van der Waals surface area contributed by atoms with E-state index in [4.69, 9.17) is 16.6 Å². The number of primary amides is 2. The van der Waals surface area contributed by atoms with Gasteiger partial charge in [0.05, 0.1) is 24.6 Å². The zero-order chi connectivity index (χ0) is 48.0. The number of hydrogen-bond acceptors (Lipinski definition) is 13. The Morgan fingerprint density at radius 1 is 0.548 bits per heavy atom. The van der Waals surface area contributed by atoms with Crippen LogP contribution >= 0.6 is 15.9 Å². The van der Waals surface area contributed by atoms with Gasteiger partial charge in [-0.05, 0) is 43.9 Å². The molecule has 25 heteroatoms. The fraction of sp³-hybridized carbons (Fsp3) is 0.703. The fourth-order valence-electron chi connectivity index (χ4n) is 5.52. The van der Waals surface area contributed by atoms with Crippen molar-refractivity contribution in [1.29, 1.82) is 0 Å². The summed E-state index contributed by atoms with van der Waals surface area (Å²) < 4.78 is 0. The number of carbonyl (C=O) groups excluding carboxylic acids is 10. The van der Waals surface area contributed by atoms with Gasteiger partial charge in [-0.1, -0.05) is 57.5 Å². The quantitative estimate of drug-likeness (QED) is 0.0313. The van der Waals surface area contributed by atoms with Gasteiger partial charge in [-0.25, -0.2) is 0 Å². The summed E-state index contributed by atoms with van der Waals surface area (Å²) in [6.07, 6.45) is -2.90. The monoisotopic (exact) mass is 950 g/mol. The number of rotatable bonds is 29. The Labute approximate surface area is 367 Å². The fourth-order valence-corrected chi connectivity index (χ4v) is 5.68. The minimum Gasteiger partial charge on any atom is -0.481 e. The van der Waals surface area contributed by atoms with Crippen LogP contribution in [0.4, 0.5) is 0 Å². The molecule has 0 bridgehead atoms. The predicted molar refractivity (Wildman–Crippen MR) is 223 cm³/mol. The van der Waals surface area contributed by atoms with E-state index in [0.29, 0.717) is 0 Å². The number of halogens is 1. The summed E-state index contributed by atoms with van der Waals surface area (Å²) in [5.74, 6) is -11.6. The van der Waals surface area contributed by atoms with E-state index in [1.54, 1.807) is 41.5 Å². The van der Waals surface area contributed by atoms with Gasteiger partial charge in [0.15, 0.2) is 0 Å². The Morgan fingerprint density at radius 3 is 1.47 bits per heavy atom. The number of carboxylic acids is 1. The summed E-state index contributed by atoms with van der Waals surface area (Å²) in [6.45, 7) is 9.19. The minimum atomic E-state index is -1.68. The van der Waals surface area contributed by atoms with Gasteiger partial charge in [0.1, 0.15) is 42.3 Å². The van der Waals surface area contributed by atoms with Crippen molar-refractivity contribution in [2.24, 2.45) is 29.2 Å². The van der Waals surface area contributed by atoms with Gasteiger partial charge >= 0.3 is 5.97 Å². The largest absolute Gasteiger partial charge is 0.481 e. The molecule has 0 unspecified atom stereocenters. The second-order valence-corrected chi connectivity index (χ2v) is 16.1. The molecular weight excluding hydrogens is 888 g/mol. The summed E-state index contributed by atoms with van der Waals surface area (Å²) in [5, 5.41) is 47.9. The van der Waals surface area contributed by atoms with Gasteiger partial charge in [0.25, 0.3) is 0 Å². The first-order valence-electron chi connectivity index (χ1n) is 19.8. The first-order chi connectivity index (χ1) is 28.7. The second-order valence-electron chi connectivity index (χ2n) is 15.6. The van der Waals surface area contributed by atoms with Crippen LogP contribution in [0, 0.1) is 17.8 Å². The number of aliphatic hydroxyl groups excluding tert-OH is 2. The van der Waals surface area contributed by atoms with Crippen LogP contribution < -0.4 is 54.0 Å². The maximum absolute atomic E-state index is 13.3. The molecule has 10 amide bonds. The number of nitrogens with one attached hydrogen (secondary N) is 8. The molecule has 0 aliphatic heterocycles. The van der Waals surface area contributed by atoms with Crippen molar-refractivity contribution in [2.75, 3.05) is 18.5 Å². The molecule has 15 N–H and O–H groups in total. The number of hydrogen-bond donors (Lipinski definition) is 13. The molecule has 8 atom stereocenters. The topological polar surface area (TPSA) is 397 Å². The first kappa shape index (κ1) is 56.6. The molecule has 0 aromatic carbocycles. The SMILES string of the molecule is CC(C)C[C@H](NC(=O)[C@H](CCC(N)=O)NC(=O)[C@H](CO)NC(=O)[C@@H](NC(=O)CNC(=O)[C@@H](NC(=O)[C@@H](NC(=O)[C@H](CCC(=O)O)NC(=O)CBr)[C@@H](C)O)C(C)C)C(C)C)C(N)=O. The Morgan fingerprint density at radius 2 is 1.00 bits per heavy atom. The Balaban J connectivity index is 5.82. The van der Waals surface area contributed by atoms with Crippen LogP contribution in [0.1, 0.15) is 80.6 Å². The first-order valence-corrected chi connectivity index (χ1v) is 20.9. The van der Waals surface area contributed by atoms with Crippen molar-refractivity contribution in [3.05, 3.63) is 0 Å². The van der Waals surface area contributed by atoms with Gasteiger partial charge in [-0.2, -0.15) is 0 Å². The summed E-state index contributed by atoms with van der Waals surface area (Å²) in [6, 6.07) is -10.00. The molecule has 0 aliphatic carbocycles. The van der Waals surface area contributed by atoms with Gasteiger partial charge in [-0.3, -0.25) is 52.7 Å². The molecule has 0 radical (unpaired) electrons. The number of carboxylic acid groups (broad SMARTS) is 1. The van der Waals surface area contributed by atoms with Gasteiger partial charge in [0, 0.05) is 12.8 Å². The number of aliphatic carboxylic acids is 1. The van der Waals surface area contributed by atoms with Crippen LogP contribution in [0.5, 0.6) is 0 Å². The average molecular weight is 952 g/mol. The molecule has 352 valence electrons. The molecule has 24 nitrogen and oxygen atoms in total. The predicted octanol–water partition coefficient (Wildman–Crippen LogP) is -4.76. The van der Waals surface area contributed by atoms with Crippen molar-refractivity contribution < 1.29 is 68.1 Å². The number of carbonyl (C=O) groups is 11. The molecule has 0 aromatic heterocycles. The number of nitrogens with two attached hydrogens (primary N) is 2. The molecule has 0 fully saturated rings. The summed E-state index contributed by atoms with van der Waals surface area (Å²) >= 11 is 2.92. The van der Waals surface area contributed by atoms with E-state index in [9.17, 15) is 63.0 Å². The highest BCUT2D eigenvalue weighted by molar-refractivity contribution is 9.09. The molecule has 0 saturated heterocycles. The van der Waals surface area contributed by atoms with E-state index in [1.807, 2.05) is 0 Å². The smallest absolute Gasteiger partial charge is 0.303 e. The van der Waals surface area contributed by atoms with Crippen molar-refractivity contribution in [2.45, 2.75) is 129 Å². The zero-order valence-electron chi connectivity index (χ0n) is 35.9. The second kappa shape index (κ2) is 28.2. The van der Waals surface area contributed by atoms with Crippen LogP contribution in [0.3, 0.4) is 0 Å². The molecule has 0 heterocycles. The van der Waals surface area contributed by atoms with Crippen LogP contribution in [0.15, 0.2) is 0 Å². The third-order valence-corrected chi connectivity index (χ3v) is 9.42. The van der Waals surface area contributed by atoms with Crippen LogP contribution in [-0.4, -0.2) is 147 Å². The number of amides is 10. The zero-order valence-corrected chi connectivity index (χ0v) is 37.5.